The van der Waals surface area contributed by atoms with Crippen LogP contribution in [0.3, 0.4) is 0 Å². The van der Waals surface area contributed by atoms with E-state index < -0.39 is 17.7 Å². The van der Waals surface area contributed by atoms with Gasteiger partial charge >= 0.3 is 5.97 Å². The summed E-state index contributed by atoms with van der Waals surface area (Å²) < 4.78 is 17.8. The number of halogens is 1. The summed E-state index contributed by atoms with van der Waals surface area (Å²) in [6, 6.07) is 4.31. The molecule has 0 fully saturated rings. The van der Waals surface area contributed by atoms with Gasteiger partial charge in [-0.15, -0.1) is 0 Å². The highest BCUT2D eigenvalue weighted by Gasteiger charge is 2.19. The normalized spacial score (nSPS) is 12.0. The maximum absolute atomic E-state index is 13.3. The van der Waals surface area contributed by atoms with Crippen molar-refractivity contribution in [1.29, 1.82) is 0 Å². The fourth-order valence-corrected chi connectivity index (χ4v) is 1.46. The van der Waals surface area contributed by atoms with Gasteiger partial charge in [-0.1, -0.05) is 19.1 Å². The Morgan fingerprint density at radius 1 is 1.41 bits per heavy atom. The molecular weight excluding hydrogens is 223 g/mol. The van der Waals surface area contributed by atoms with Crippen molar-refractivity contribution in [3.63, 3.8) is 0 Å². The van der Waals surface area contributed by atoms with Crippen LogP contribution in [0, 0.1) is 18.7 Å². The average Bonchev–Trinajstić information content (AvgIpc) is 2.31. The predicted molar refractivity (Wildman–Crippen MR) is 61.3 cm³/mol. The molecule has 0 heterocycles. The van der Waals surface area contributed by atoms with Gasteiger partial charge in [0.15, 0.2) is 5.78 Å². The maximum atomic E-state index is 13.3. The topological polar surface area (TPSA) is 43.4 Å². The third kappa shape index (κ3) is 3.37. The molecule has 0 saturated heterocycles. The summed E-state index contributed by atoms with van der Waals surface area (Å²) in [6.45, 7) is 3.25. The van der Waals surface area contributed by atoms with Crippen molar-refractivity contribution in [2.45, 2.75) is 20.3 Å². The molecule has 1 aromatic rings. The predicted octanol–water partition coefficient (Wildman–Crippen LogP) is 2.52. The fourth-order valence-electron chi connectivity index (χ4n) is 1.46. The number of hydrogen-bond donors (Lipinski definition) is 0. The van der Waals surface area contributed by atoms with Crippen molar-refractivity contribution in [3.8, 4) is 0 Å². The molecule has 0 bridgehead atoms. The average molecular weight is 238 g/mol. The second-order valence-corrected chi connectivity index (χ2v) is 4.01. The van der Waals surface area contributed by atoms with Crippen LogP contribution in [0.5, 0.6) is 0 Å². The molecular formula is C13H15FO3. The minimum absolute atomic E-state index is 0.00479. The Balaban J connectivity index is 2.81. The Hall–Kier alpha value is -1.71. The van der Waals surface area contributed by atoms with E-state index in [1.54, 1.807) is 26.0 Å². The number of rotatable bonds is 4. The lowest BCUT2D eigenvalue weighted by molar-refractivity contribution is -0.141. The minimum Gasteiger partial charge on any atom is -0.469 e. The summed E-state index contributed by atoms with van der Waals surface area (Å²) in [5.41, 5.74) is 0.770. The van der Waals surface area contributed by atoms with Crippen LogP contribution in [0.1, 0.15) is 29.3 Å². The highest BCUT2D eigenvalue weighted by molar-refractivity contribution is 5.99. The Bertz CT molecular complexity index is 440. The first-order valence-electron chi connectivity index (χ1n) is 5.33. The van der Waals surface area contributed by atoms with E-state index in [2.05, 4.69) is 4.74 Å². The van der Waals surface area contributed by atoms with Crippen LogP contribution in [-0.2, 0) is 9.53 Å². The molecule has 1 rings (SSSR count). The third-order valence-corrected chi connectivity index (χ3v) is 2.60. The molecule has 0 aliphatic carbocycles. The summed E-state index contributed by atoms with van der Waals surface area (Å²) in [7, 11) is 1.27. The maximum Gasteiger partial charge on any atom is 0.306 e. The first-order chi connectivity index (χ1) is 7.95. The van der Waals surface area contributed by atoms with Gasteiger partial charge in [-0.2, -0.15) is 0 Å². The zero-order chi connectivity index (χ0) is 13.0. The number of benzene rings is 1. The number of aryl methyl sites for hydroxylation is 1. The van der Waals surface area contributed by atoms with Crippen molar-refractivity contribution < 1.29 is 18.7 Å². The molecule has 1 atom stereocenters. The standard InChI is InChI=1S/C13H15FO3/c1-8-4-5-10(7-11(8)14)13(16)9(2)6-12(15)17-3/h4-5,7,9H,6H2,1-3H3. The van der Waals surface area contributed by atoms with E-state index in [1.807, 2.05) is 0 Å². The highest BCUT2D eigenvalue weighted by atomic mass is 19.1. The van der Waals surface area contributed by atoms with Gasteiger partial charge in [-0.25, -0.2) is 4.39 Å². The molecule has 3 nitrogen and oxygen atoms in total. The third-order valence-electron chi connectivity index (χ3n) is 2.60. The summed E-state index contributed by atoms with van der Waals surface area (Å²) in [4.78, 5) is 22.9. The van der Waals surface area contributed by atoms with Crippen LogP contribution in [0.4, 0.5) is 4.39 Å². The van der Waals surface area contributed by atoms with Gasteiger partial charge in [0, 0.05) is 11.5 Å². The molecule has 0 aliphatic rings. The lowest BCUT2D eigenvalue weighted by Crippen LogP contribution is -2.16. The van der Waals surface area contributed by atoms with Crippen LogP contribution >= 0.6 is 0 Å². The molecule has 0 N–H and O–H groups in total. The first-order valence-corrected chi connectivity index (χ1v) is 5.33. The number of ether oxygens (including phenoxy) is 1. The number of esters is 1. The van der Waals surface area contributed by atoms with Gasteiger partial charge in [-0.05, 0) is 18.6 Å². The Labute approximate surface area is 99.6 Å². The number of hydrogen-bond acceptors (Lipinski definition) is 3. The SMILES string of the molecule is COC(=O)CC(C)C(=O)c1ccc(C)c(F)c1. The summed E-state index contributed by atoms with van der Waals surface area (Å²) in [5.74, 6) is -1.63. The quantitative estimate of drug-likeness (QED) is 0.598. The van der Waals surface area contributed by atoms with E-state index in [0.29, 0.717) is 5.56 Å². The molecule has 92 valence electrons. The van der Waals surface area contributed by atoms with Gasteiger partial charge in [-0.3, -0.25) is 9.59 Å². The Morgan fingerprint density at radius 2 is 2.06 bits per heavy atom. The Morgan fingerprint density at radius 3 is 2.59 bits per heavy atom. The fraction of sp³-hybridized carbons (Fsp3) is 0.385. The molecule has 1 unspecified atom stereocenters. The molecule has 17 heavy (non-hydrogen) atoms. The molecule has 0 spiro atoms. The van der Waals surface area contributed by atoms with Crippen LogP contribution in [0.2, 0.25) is 0 Å². The van der Waals surface area contributed by atoms with Gasteiger partial charge in [0.25, 0.3) is 0 Å². The molecule has 0 aliphatic heterocycles. The van der Waals surface area contributed by atoms with E-state index in [-0.39, 0.29) is 17.8 Å². The van der Waals surface area contributed by atoms with E-state index >= 15 is 0 Å². The van der Waals surface area contributed by atoms with Crippen molar-refractivity contribution in [2.75, 3.05) is 7.11 Å². The van der Waals surface area contributed by atoms with E-state index in [9.17, 15) is 14.0 Å². The first kappa shape index (κ1) is 13.4. The van der Waals surface area contributed by atoms with E-state index in [1.165, 1.54) is 13.2 Å². The summed E-state index contributed by atoms with van der Waals surface area (Å²) >= 11 is 0. The van der Waals surface area contributed by atoms with Gasteiger partial charge in [0.1, 0.15) is 5.82 Å². The van der Waals surface area contributed by atoms with Crippen molar-refractivity contribution in [1.82, 2.24) is 0 Å². The zero-order valence-electron chi connectivity index (χ0n) is 10.1. The number of ketones is 1. The van der Waals surface area contributed by atoms with Crippen molar-refractivity contribution >= 4 is 11.8 Å². The smallest absolute Gasteiger partial charge is 0.306 e. The molecule has 0 radical (unpaired) electrons. The van der Waals surface area contributed by atoms with Gasteiger partial charge in [0.05, 0.1) is 13.5 Å². The van der Waals surface area contributed by atoms with Gasteiger partial charge < -0.3 is 4.74 Å². The van der Waals surface area contributed by atoms with Crippen molar-refractivity contribution in [3.05, 3.63) is 35.1 Å². The second-order valence-electron chi connectivity index (χ2n) is 4.01. The lowest BCUT2D eigenvalue weighted by Gasteiger charge is -2.09. The minimum atomic E-state index is -0.510. The molecule has 0 saturated carbocycles. The molecule has 1 aromatic carbocycles. The molecule has 0 amide bonds. The van der Waals surface area contributed by atoms with Gasteiger partial charge in [0.2, 0.25) is 0 Å². The lowest BCUT2D eigenvalue weighted by atomic mass is 9.96. The summed E-state index contributed by atoms with van der Waals surface area (Å²) in [6.07, 6.45) is 0.00479. The van der Waals surface area contributed by atoms with Crippen LogP contribution in [-0.4, -0.2) is 18.9 Å². The zero-order valence-corrected chi connectivity index (χ0v) is 10.1. The Kier molecular flexibility index (Phi) is 4.37. The van der Waals surface area contributed by atoms with Crippen LogP contribution < -0.4 is 0 Å². The molecule has 0 aromatic heterocycles. The van der Waals surface area contributed by atoms with Crippen molar-refractivity contribution in [2.24, 2.45) is 5.92 Å². The van der Waals surface area contributed by atoms with E-state index in [4.69, 9.17) is 0 Å². The summed E-state index contributed by atoms with van der Waals surface area (Å²) in [5, 5.41) is 0. The number of carbonyl (C=O) groups is 2. The second kappa shape index (κ2) is 5.57. The highest BCUT2D eigenvalue weighted by Crippen LogP contribution is 2.15. The molecule has 4 heteroatoms. The number of Topliss-reactive ketones (excluding diaryl/α,β-unsaturated/α-hetero) is 1. The largest absolute Gasteiger partial charge is 0.469 e. The van der Waals surface area contributed by atoms with E-state index in [0.717, 1.165) is 0 Å². The van der Waals surface area contributed by atoms with Crippen LogP contribution in [0.25, 0.3) is 0 Å². The monoisotopic (exact) mass is 238 g/mol. The number of carbonyl (C=O) groups excluding carboxylic acids is 2. The van der Waals surface area contributed by atoms with Crippen LogP contribution in [0.15, 0.2) is 18.2 Å². The number of methoxy groups -OCH3 is 1.